The molecule has 1 aliphatic rings. The van der Waals surface area contributed by atoms with Crippen LogP contribution in [0.4, 0.5) is 11.9 Å². The zero-order chi connectivity index (χ0) is 14.2. The Bertz CT molecular complexity index is 406. The molecule has 0 unspecified atom stereocenters. The largest absolute Gasteiger partial charge is 0.463 e. The van der Waals surface area contributed by atoms with Crippen LogP contribution in [0.15, 0.2) is 0 Å². The molecule has 0 radical (unpaired) electrons. The van der Waals surface area contributed by atoms with E-state index < -0.39 is 0 Å². The van der Waals surface area contributed by atoms with Crippen LogP contribution in [0, 0.1) is 0 Å². The molecular formula is C13H24N6O. The van der Waals surface area contributed by atoms with Crippen molar-refractivity contribution < 1.29 is 4.74 Å². The van der Waals surface area contributed by atoms with E-state index in [9.17, 15) is 0 Å². The van der Waals surface area contributed by atoms with Crippen LogP contribution in [0.2, 0.25) is 0 Å². The summed E-state index contributed by atoms with van der Waals surface area (Å²) in [6, 6.07) is 0.340. The number of hydrogen-bond acceptors (Lipinski definition) is 7. The fourth-order valence-corrected chi connectivity index (χ4v) is 2.26. The molecule has 7 heteroatoms. The van der Waals surface area contributed by atoms with Gasteiger partial charge in [-0.2, -0.15) is 15.0 Å². The predicted molar refractivity (Wildman–Crippen MR) is 78.7 cm³/mol. The first-order valence-electron chi connectivity index (χ1n) is 7.44. The third kappa shape index (κ3) is 4.19. The molecule has 1 aromatic heterocycles. The van der Waals surface area contributed by atoms with E-state index >= 15 is 0 Å². The van der Waals surface area contributed by atoms with Gasteiger partial charge in [-0.05, 0) is 19.3 Å². The minimum Gasteiger partial charge on any atom is -0.463 e. The van der Waals surface area contributed by atoms with Crippen LogP contribution in [0.3, 0.4) is 0 Å². The lowest BCUT2D eigenvalue weighted by atomic mass is 10.1. The molecule has 2 heterocycles. The molecule has 112 valence electrons. The molecule has 20 heavy (non-hydrogen) atoms. The van der Waals surface area contributed by atoms with Crippen molar-refractivity contribution in [3.63, 3.8) is 0 Å². The van der Waals surface area contributed by atoms with E-state index in [1.807, 2.05) is 6.92 Å². The first kappa shape index (κ1) is 14.8. The number of rotatable bonds is 5. The Hall–Kier alpha value is -1.63. The number of ether oxygens (including phenoxy) is 1. The number of nitrogens with zero attached hydrogens (tertiary/aromatic N) is 4. The molecular weight excluding hydrogens is 256 g/mol. The molecule has 0 saturated carbocycles. The van der Waals surface area contributed by atoms with Gasteiger partial charge in [0.25, 0.3) is 0 Å². The van der Waals surface area contributed by atoms with Gasteiger partial charge in [0, 0.05) is 13.1 Å². The number of nitrogens with two attached hydrogens (primary N) is 1. The Morgan fingerprint density at radius 2 is 1.80 bits per heavy atom. The molecule has 2 rings (SSSR count). The molecule has 7 nitrogen and oxygen atoms in total. The fourth-order valence-electron chi connectivity index (χ4n) is 2.26. The standard InChI is InChI=1S/C13H24N6O/c1-2-10-20-13-16-11(18-14)15-12(17-13)19-8-6-4-3-5-7-9-19/h2-10,14H2,1H3,(H,15,16,17,18). The van der Waals surface area contributed by atoms with Crippen LogP contribution in [0.25, 0.3) is 0 Å². The van der Waals surface area contributed by atoms with Gasteiger partial charge < -0.3 is 9.64 Å². The van der Waals surface area contributed by atoms with Crippen molar-refractivity contribution in [1.82, 2.24) is 15.0 Å². The first-order chi connectivity index (χ1) is 9.83. The van der Waals surface area contributed by atoms with Gasteiger partial charge in [-0.15, -0.1) is 0 Å². The number of nitrogen functional groups attached to an aromatic ring is 1. The summed E-state index contributed by atoms with van der Waals surface area (Å²) in [5.74, 6) is 6.43. The van der Waals surface area contributed by atoms with Gasteiger partial charge in [0.05, 0.1) is 6.61 Å². The molecule has 0 amide bonds. The second-order valence-corrected chi connectivity index (χ2v) is 4.99. The van der Waals surface area contributed by atoms with Crippen LogP contribution in [-0.4, -0.2) is 34.6 Å². The maximum Gasteiger partial charge on any atom is 0.323 e. The number of aromatic nitrogens is 3. The second-order valence-electron chi connectivity index (χ2n) is 4.99. The molecule has 1 saturated heterocycles. The highest BCUT2D eigenvalue weighted by atomic mass is 16.5. The van der Waals surface area contributed by atoms with Crippen molar-refractivity contribution in [2.24, 2.45) is 5.84 Å². The smallest absolute Gasteiger partial charge is 0.323 e. The van der Waals surface area contributed by atoms with Gasteiger partial charge in [0.2, 0.25) is 11.9 Å². The van der Waals surface area contributed by atoms with Crippen molar-refractivity contribution in [2.45, 2.75) is 45.4 Å². The zero-order valence-electron chi connectivity index (χ0n) is 12.1. The second kappa shape index (κ2) is 7.84. The molecule has 3 N–H and O–H groups in total. The highest BCUT2D eigenvalue weighted by molar-refractivity contribution is 5.37. The first-order valence-corrected chi connectivity index (χ1v) is 7.44. The van der Waals surface area contributed by atoms with Crippen molar-refractivity contribution in [1.29, 1.82) is 0 Å². The van der Waals surface area contributed by atoms with Crippen LogP contribution >= 0.6 is 0 Å². The molecule has 1 fully saturated rings. The summed E-state index contributed by atoms with van der Waals surface area (Å²) >= 11 is 0. The lowest BCUT2D eigenvalue weighted by molar-refractivity contribution is 0.291. The minimum atomic E-state index is 0.340. The minimum absolute atomic E-state index is 0.340. The van der Waals surface area contributed by atoms with Gasteiger partial charge >= 0.3 is 6.01 Å². The number of hydrogen-bond donors (Lipinski definition) is 2. The van der Waals surface area contributed by atoms with E-state index in [-0.39, 0.29) is 0 Å². The van der Waals surface area contributed by atoms with Gasteiger partial charge in [-0.3, -0.25) is 5.43 Å². The quantitative estimate of drug-likeness (QED) is 0.627. The monoisotopic (exact) mass is 280 g/mol. The fraction of sp³-hybridized carbons (Fsp3) is 0.769. The van der Waals surface area contributed by atoms with E-state index in [0.29, 0.717) is 24.5 Å². The van der Waals surface area contributed by atoms with E-state index in [2.05, 4.69) is 25.3 Å². The zero-order valence-corrected chi connectivity index (χ0v) is 12.1. The number of hydrazine groups is 1. The van der Waals surface area contributed by atoms with Crippen LogP contribution < -0.4 is 20.9 Å². The normalized spacial score (nSPS) is 16.4. The van der Waals surface area contributed by atoms with Crippen molar-refractivity contribution in [3.8, 4) is 6.01 Å². The Kier molecular flexibility index (Phi) is 5.79. The Labute approximate surface area is 119 Å². The molecule has 0 spiro atoms. The van der Waals surface area contributed by atoms with Crippen molar-refractivity contribution >= 4 is 11.9 Å². The summed E-state index contributed by atoms with van der Waals surface area (Å²) in [5.41, 5.74) is 2.48. The number of anilines is 2. The van der Waals surface area contributed by atoms with Crippen molar-refractivity contribution in [2.75, 3.05) is 30.0 Å². The van der Waals surface area contributed by atoms with Gasteiger partial charge in [-0.1, -0.05) is 26.2 Å². The SMILES string of the molecule is CCCOc1nc(NN)nc(N2CCCCCCC2)n1. The third-order valence-corrected chi connectivity index (χ3v) is 3.31. The predicted octanol–water partition coefficient (Wildman–Crippen LogP) is 1.72. The Balaban J connectivity index is 2.14. The lowest BCUT2D eigenvalue weighted by Gasteiger charge is -2.25. The van der Waals surface area contributed by atoms with Crippen molar-refractivity contribution in [3.05, 3.63) is 0 Å². The molecule has 0 bridgehead atoms. The molecule has 0 aliphatic carbocycles. The van der Waals surface area contributed by atoms with Crippen LogP contribution in [-0.2, 0) is 0 Å². The van der Waals surface area contributed by atoms with Crippen LogP contribution in [0.5, 0.6) is 6.01 Å². The van der Waals surface area contributed by atoms with E-state index in [1.165, 1.54) is 32.1 Å². The topological polar surface area (TPSA) is 89.2 Å². The molecule has 0 aromatic carbocycles. The summed E-state index contributed by atoms with van der Waals surface area (Å²) in [6.45, 7) is 4.58. The summed E-state index contributed by atoms with van der Waals surface area (Å²) in [4.78, 5) is 15.1. The van der Waals surface area contributed by atoms with Crippen LogP contribution in [0.1, 0.15) is 45.4 Å². The van der Waals surface area contributed by atoms with Gasteiger partial charge in [-0.25, -0.2) is 5.84 Å². The number of nitrogens with one attached hydrogen (secondary N) is 1. The lowest BCUT2D eigenvalue weighted by Crippen LogP contribution is -2.29. The molecule has 0 atom stereocenters. The van der Waals surface area contributed by atoms with E-state index in [1.54, 1.807) is 0 Å². The average Bonchev–Trinajstić information content (AvgIpc) is 2.44. The molecule has 1 aromatic rings. The van der Waals surface area contributed by atoms with E-state index in [0.717, 1.165) is 19.5 Å². The summed E-state index contributed by atoms with van der Waals surface area (Å²) in [5, 5.41) is 0. The maximum atomic E-state index is 5.50. The van der Waals surface area contributed by atoms with E-state index in [4.69, 9.17) is 10.6 Å². The highest BCUT2D eigenvalue weighted by Gasteiger charge is 2.15. The summed E-state index contributed by atoms with van der Waals surface area (Å²) in [6.07, 6.45) is 7.11. The van der Waals surface area contributed by atoms with Gasteiger partial charge in [0.15, 0.2) is 0 Å². The Morgan fingerprint density at radius 3 is 2.45 bits per heavy atom. The average molecular weight is 280 g/mol. The Morgan fingerprint density at radius 1 is 1.10 bits per heavy atom. The third-order valence-electron chi connectivity index (χ3n) is 3.31. The maximum absolute atomic E-state index is 5.50. The highest BCUT2D eigenvalue weighted by Crippen LogP contribution is 2.18. The molecule has 1 aliphatic heterocycles. The summed E-state index contributed by atoms with van der Waals surface area (Å²) < 4.78 is 5.50. The summed E-state index contributed by atoms with van der Waals surface area (Å²) in [7, 11) is 0. The van der Waals surface area contributed by atoms with Gasteiger partial charge in [0.1, 0.15) is 0 Å².